The van der Waals surface area contributed by atoms with Gasteiger partial charge < -0.3 is 10.6 Å². The summed E-state index contributed by atoms with van der Waals surface area (Å²) in [7, 11) is 0. The van der Waals surface area contributed by atoms with E-state index in [1.807, 2.05) is 12.1 Å². The molecule has 2 aromatic heterocycles. The van der Waals surface area contributed by atoms with Crippen LogP contribution in [0.1, 0.15) is 16.1 Å². The van der Waals surface area contributed by atoms with Crippen LogP contribution in [0.2, 0.25) is 10.0 Å². The Morgan fingerprint density at radius 3 is 2.56 bits per heavy atom. The van der Waals surface area contributed by atoms with Crippen molar-refractivity contribution in [3.05, 3.63) is 76.4 Å². The predicted octanol–water partition coefficient (Wildman–Crippen LogP) is 4.04. The molecule has 0 saturated carbocycles. The Bertz CT molecular complexity index is 889. The Morgan fingerprint density at radius 2 is 1.80 bits per heavy atom. The van der Waals surface area contributed by atoms with Crippen molar-refractivity contribution in [3.63, 3.8) is 0 Å². The number of halogens is 2. The number of hydrogen-bond acceptors (Lipinski definition) is 5. The molecule has 0 aliphatic heterocycles. The first kappa shape index (κ1) is 17.1. The van der Waals surface area contributed by atoms with Crippen LogP contribution in [0.3, 0.4) is 0 Å². The molecule has 6 nitrogen and oxygen atoms in total. The average Bonchev–Trinajstić information content (AvgIpc) is 2.64. The molecule has 2 N–H and O–H groups in total. The molecule has 0 aliphatic rings. The van der Waals surface area contributed by atoms with Crippen LogP contribution in [0.15, 0.2) is 55.1 Å². The zero-order valence-corrected chi connectivity index (χ0v) is 14.4. The zero-order chi connectivity index (χ0) is 17.6. The van der Waals surface area contributed by atoms with Crippen LogP contribution in [0, 0.1) is 0 Å². The number of carbonyl (C=O) groups is 1. The molecule has 0 atom stereocenters. The number of nitrogens with zero attached hydrogens (tertiary/aromatic N) is 3. The van der Waals surface area contributed by atoms with E-state index in [1.54, 1.807) is 36.7 Å². The van der Waals surface area contributed by atoms with E-state index in [4.69, 9.17) is 23.2 Å². The third kappa shape index (κ3) is 4.65. The molecule has 0 saturated heterocycles. The third-order valence-corrected chi connectivity index (χ3v) is 4.04. The van der Waals surface area contributed by atoms with Gasteiger partial charge in [0.05, 0.1) is 10.0 Å². The number of carbonyl (C=O) groups excluding carboxylic acids is 1. The van der Waals surface area contributed by atoms with Crippen LogP contribution in [-0.2, 0) is 6.54 Å². The third-order valence-electron chi connectivity index (χ3n) is 3.30. The van der Waals surface area contributed by atoms with Gasteiger partial charge in [0.1, 0.15) is 17.8 Å². The van der Waals surface area contributed by atoms with Crippen molar-refractivity contribution < 1.29 is 4.79 Å². The van der Waals surface area contributed by atoms with Gasteiger partial charge in [-0.05, 0) is 35.9 Å². The lowest BCUT2D eigenvalue weighted by molar-refractivity contribution is 0.102. The highest BCUT2D eigenvalue weighted by molar-refractivity contribution is 6.42. The molecule has 0 spiro atoms. The Hall–Kier alpha value is -2.70. The molecule has 3 rings (SSSR count). The summed E-state index contributed by atoms with van der Waals surface area (Å²) in [5.41, 5.74) is 1.82. The van der Waals surface area contributed by atoms with Crippen LogP contribution in [0.5, 0.6) is 0 Å². The molecule has 0 bridgehead atoms. The largest absolute Gasteiger partial charge is 0.366 e. The zero-order valence-electron chi connectivity index (χ0n) is 12.9. The minimum atomic E-state index is -0.368. The summed E-state index contributed by atoms with van der Waals surface area (Å²) in [5, 5.41) is 6.64. The van der Waals surface area contributed by atoms with Crippen molar-refractivity contribution in [2.45, 2.75) is 6.54 Å². The number of benzene rings is 1. The SMILES string of the molecule is O=C(Nc1ccc(Cl)c(Cl)c1)c1cc(NCc2ccncc2)ncn1. The number of anilines is 2. The number of rotatable bonds is 5. The standard InChI is InChI=1S/C17H13Cl2N5O/c18-13-2-1-12(7-14(13)19)24-17(25)15-8-16(23-10-22-15)21-9-11-3-5-20-6-4-11/h1-8,10H,9H2,(H,24,25)(H,21,22,23). The number of hydrogen-bond donors (Lipinski definition) is 2. The van der Waals surface area contributed by atoms with Crippen molar-refractivity contribution in [2.24, 2.45) is 0 Å². The van der Waals surface area contributed by atoms with Gasteiger partial charge >= 0.3 is 0 Å². The van der Waals surface area contributed by atoms with Gasteiger partial charge in [0, 0.05) is 30.7 Å². The number of nitrogens with one attached hydrogen (secondary N) is 2. The fourth-order valence-electron chi connectivity index (χ4n) is 2.04. The molecule has 25 heavy (non-hydrogen) atoms. The Balaban J connectivity index is 1.67. The van der Waals surface area contributed by atoms with Crippen LogP contribution in [0.25, 0.3) is 0 Å². The van der Waals surface area contributed by atoms with Crippen LogP contribution in [-0.4, -0.2) is 20.9 Å². The molecule has 1 amide bonds. The molecule has 3 aromatic rings. The number of aromatic nitrogens is 3. The average molecular weight is 374 g/mol. The van der Waals surface area contributed by atoms with Crippen molar-refractivity contribution >= 4 is 40.6 Å². The molecule has 1 aromatic carbocycles. The molecule has 0 unspecified atom stereocenters. The quantitative estimate of drug-likeness (QED) is 0.705. The summed E-state index contributed by atoms with van der Waals surface area (Å²) in [6.45, 7) is 0.563. The lowest BCUT2D eigenvalue weighted by Gasteiger charge is -2.08. The Labute approximate surface area is 154 Å². The minimum absolute atomic E-state index is 0.235. The van der Waals surface area contributed by atoms with E-state index in [1.165, 1.54) is 6.33 Å². The van der Waals surface area contributed by atoms with E-state index >= 15 is 0 Å². The normalized spacial score (nSPS) is 10.3. The predicted molar refractivity (Wildman–Crippen MR) is 98.0 cm³/mol. The van der Waals surface area contributed by atoms with Gasteiger partial charge in [-0.3, -0.25) is 9.78 Å². The van der Waals surface area contributed by atoms with E-state index in [0.717, 1.165) is 5.56 Å². The van der Waals surface area contributed by atoms with Crippen LogP contribution < -0.4 is 10.6 Å². The first-order valence-corrected chi connectivity index (χ1v) is 8.08. The van der Waals surface area contributed by atoms with Crippen molar-refractivity contribution in [2.75, 3.05) is 10.6 Å². The van der Waals surface area contributed by atoms with E-state index in [0.29, 0.717) is 28.1 Å². The summed E-state index contributed by atoms with van der Waals surface area (Å²) in [6, 6.07) is 10.2. The fourth-order valence-corrected chi connectivity index (χ4v) is 2.34. The molecule has 2 heterocycles. The second-order valence-corrected chi connectivity index (χ2v) is 5.89. The van der Waals surface area contributed by atoms with Crippen molar-refractivity contribution in [1.29, 1.82) is 0 Å². The summed E-state index contributed by atoms with van der Waals surface area (Å²) < 4.78 is 0. The van der Waals surface area contributed by atoms with E-state index < -0.39 is 0 Å². The number of amides is 1. The first-order chi connectivity index (χ1) is 12.1. The van der Waals surface area contributed by atoms with Crippen LogP contribution >= 0.6 is 23.2 Å². The maximum Gasteiger partial charge on any atom is 0.274 e. The van der Waals surface area contributed by atoms with Crippen molar-refractivity contribution in [3.8, 4) is 0 Å². The lowest BCUT2D eigenvalue weighted by atomic mass is 10.2. The molecule has 0 radical (unpaired) electrons. The Kier molecular flexibility index (Phi) is 5.42. The van der Waals surface area contributed by atoms with Gasteiger partial charge in [0.25, 0.3) is 5.91 Å². The monoisotopic (exact) mass is 373 g/mol. The molecule has 0 aliphatic carbocycles. The van der Waals surface area contributed by atoms with E-state index in [2.05, 4.69) is 25.6 Å². The second kappa shape index (κ2) is 7.92. The molecule has 126 valence electrons. The van der Waals surface area contributed by atoms with E-state index in [-0.39, 0.29) is 11.6 Å². The topological polar surface area (TPSA) is 79.8 Å². The summed E-state index contributed by atoms with van der Waals surface area (Å²) >= 11 is 11.8. The highest BCUT2D eigenvalue weighted by Gasteiger charge is 2.10. The molecule has 8 heteroatoms. The second-order valence-electron chi connectivity index (χ2n) is 5.08. The smallest absolute Gasteiger partial charge is 0.274 e. The van der Waals surface area contributed by atoms with Gasteiger partial charge in [-0.2, -0.15) is 0 Å². The van der Waals surface area contributed by atoms with Gasteiger partial charge in [0.15, 0.2) is 0 Å². The van der Waals surface area contributed by atoms with E-state index in [9.17, 15) is 4.79 Å². The van der Waals surface area contributed by atoms with Crippen molar-refractivity contribution in [1.82, 2.24) is 15.0 Å². The maximum atomic E-state index is 12.3. The lowest BCUT2D eigenvalue weighted by Crippen LogP contribution is -2.14. The molecular formula is C17H13Cl2N5O. The molecular weight excluding hydrogens is 361 g/mol. The summed E-state index contributed by atoms with van der Waals surface area (Å²) in [6.07, 6.45) is 4.76. The van der Waals surface area contributed by atoms with Gasteiger partial charge in [-0.25, -0.2) is 9.97 Å². The Morgan fingerprint density at radius 1 is 1.00 bits per heavy atom. The maximum absolute atomic E-state index is 12.3. The summed E-state index contributed by atoms with van der Waals surface area (Å²) in [5.74, 6) is 0.179. The van der Waals surface area contributed by atoms with Gasteiger partial charge in [-0.1, -0.05) is 23.2 Å². The highest BCUT2D eigenvalue weighted by Crippen LogP contribution is 2.25. The number of pyridine rings is 1. The first-order valence-electron chi connectivity index (χ1n) is 7.33. The molecule has 0 fully saturated rings. The fraction of sp³-hybridized carbons (Fsp3) is 0.0588. The van der Waals surface area contributed by atoms with Gasteiger partial charge in [0.2, 0.25) is 0 Å². The van der Waals surface area contributed by atoms with Gasteiger partial charge in [-0.15, -0.1) is 0 Å². The highest BCUT2D eigenvalue weighted by atomic mass is 35.5. The van der Waals surface area contributed by atoms with Crippen LogP contribution in [0.4, 0.5) is 11.5 Å². The minimum Gasteiger partial charge on any atom is -0.366 e. The summed E-state index contributed by atoms with van der Waals surface area (Å²) in [4.78, 5) is 24.4.